The van der Waals surface area contributed by atoms with Crippen molar-refractivity contribution >= 4 is 5.78 Å². The van der Waals surface area contributed by atoms with E-state index in [0.29, 0.717) is 24.5 Å². The summed E-state index contributed by atoms with van der Waals surface area (Å²) >= 11 is 0. The van der Waals surface area contributed by atoms with Gasteiger partial charge in [-0.2, -0.15) is 0 Å². The SMILES string of the molecule is CC1CCC2[C@H]3CCC(=O)[C@]3(C)CCC2(O)O1. The number of Topliss-reactive ketones (excluding diaryl/α,β-unsaturated/α-hetero) is 1. The molecule has 3 fully saturated rings. The Kier molecular flexibility index (Phi) is 2.43. The number of ketones is 1. The molecule has 96 valence electrons. The van der Waals surface area contributed by atoms with Crippen molar-refractivity contribution in [2.24, 2.45) is 17.3 Å². The molecule has 1 saturated heterocycles. The summed E-state index contributed by atoms with van der Waals surface area (Å²) in [6.45, 7) is 4.13. The molecule has 17 heavy (non-hydrogen) atoms. The number of fused-ring (bicyclic) bond motifs is 3. The molecule has 0 spiro atoms. The molecular weight excluding hydrogens is 216 g/mol. The standard InChI is InChI=1S/C14H22O3/c1-9-3-4-11-10-5-6-12(15)13(10,2)7-8-14(11,16)17-9/h9-11,16H,3-8H2,1-2H3/t9?,10-,11?,13-,14?/m1/s1. The molecule has 1 heterocycles. The topological polar surface area (TPSA) is 46.5 Å². The van der Waals surface area contributed by atoms with E-state index in [4.69, 9.17) is 4.74 Å². The number of aliphatic hydroxyl groups is 1. The molecule has 2 saturated carbocycles. The third-order valence-electron chi connectivity index (χ3n) is 5.49. The van der Waals surface area contributed by atoms with Crippen LogP contribution in [0.2, 0.25) is 0 Å². The van der Waals surface area contributed by atoms with Crippen molar-refractivity contribution < 1.29 is 14.6 Å². The molecule has 2 aliphatic carbocycles. The maximum atomic E-state index is 12.1. The Labute approximate surface area is 103 Å². The van der Waals surface area contributed by atoms with E-state index < -0.39 is 5.79 Å². The number of ether oxygens (including phenoxy) is 1. The van der Waals surface area contributed by atoms with E-state index in [1.165, 1.54) is 0 Å². The van der Waals surface area contributed by atoms with E-state index in [1.54, 1.807) is 0 Å². The van der Waals surface area contributed by atoms with Crippen molar-refractivity contribution in [2.45, 2.75) is 64.3 Å². The van der Waals surface area contributed by atoms with Gasteiger partial charge in [-0.15, -0.1) is 0 Å². The van der Waals surface area contributed by atoms with Crippen LogP contribution in [-0.4, -0.2) is 22.8 Å². The molecule has 3 aliphatic rings. The summed E-state index contributed by atoms with van der Waals surface area (Å²) in [5.74, 6) is -0.0414. The Morgan fingerprint density at radius 3 is 2.76 bits per heavy atom. The number of hydrogen-bond acceptors (Lipinski definition) is 3. The minimum Gasteiger partial charge on any atom is -0.365 e. The molecule has 3 heteroatoms. The van der Waals surface area contributed by atoms with Crippen LogP contribution in [0.4, 0.5) is 0 Å². The predicted octanol–water partition coefficient (Wildman–Crippen LogP) is 2.27. The summed E-state index contributed by atoms with van der Waals surface area (Å²) in [4.78, 5) is 12.1. The quantitative estimate of drug-likeness (QED) is 0.704. The first kappa shape index (κ1) is 11.7. The summed E-state index contributed by atoms with van der Waals surface area (Å²) in [5.41, 5.74) is -0.180. The number of carbonyl (C=O) groups excluding carboxylic acids is 1. The average molecular weight is 238 g/mol. The number of rotatable bonds is 0. The molecule has 0 radical (unpaired) electrons. The lowest BCUT2D eigenvalue weighted by Crippen LogP contribution is -2.56. The van der Waals surface area contributed by atoms with Gasteiger partial charge in [0.25, 0.3) is 0 Å². The van der Waals surface area contributed by atoms with Gasteiger partial charge in [0.2, 0.25) is 0 Å². The number of carbonyl (C=O) groups is 1. The van der Waals surface area contributed by atoms with Gasteiger partial charge in [0.05, 0.1) is 6.10 Å². The lowest BCUT2D eigenvalue weighted by Gasteiger charge is -2.53. The fourth-order valence-electron chi connectivity index (χ4n) is 4.40. The van der Waals surface area contributed by atoms with Gasteiger partial charge in [0.15, 0.2) is 5.79 Å². The molecule has 0 aromatic rings. The average Bonchev–Trinajstić information content (AvgIpc) is 2.55. The van der Waals surface area contributed by atoms with Crippen molar-refractivity contribution in [2.75, 3.05) is 0 Å². The zero-order valence-corrected chi connectivity index (χ0v) is 10.7. The normalized spacial score (nSPS) is 54.3. The van der Waals surface area contributed by atoms with Crippen LogP contribution in [0.25, 0.3) is 0 Å². The maximum absolute atomic E-state index is 12.1. The van der Waals surface area contributed by atoms with E-state index >= 15 is 0 Å². The summed E-state index contributed by atoms with van der Waals surface area (Å²) < 4.78 is 5.81. The lowest BCUT2D eigenvalue weighted by atomic mass is 9.60. The highest BCUT2D eigenvalue weighted by Gasteiger charge is 2.60. The Morgan fingerprint density at radius 2 is 2.00 bits per heavy atom. The molecule has 0 aromatic carbocycles. The van der Waals surface area contributed by atoms with Crippen molar-refractivity contribution in [3.63, 3.8) is 0 Å². The zero-order valence-electron chi connectivity index (χ0n) is 10.7. The second kappa shape index (κ2) is 3.55. The van der Waals surface area contributed by atoms with Gasteiger partial charge in [-0.3, -0.25) is 4.79 Å². The Bertz CT molecular complexity index is 353. The van der Waals surface area contributed by atoms with E-state index in [2.05, 4.69) is 6.92 Å². The summed E-state index contributed by atoms with van der Waals surface area (Å²) in [6.07, 6.45) is 5.22. The van der Waals surface area contributed by atoms with Crippen molar-refractivity contribution in [3.8, 4) is 0 Å². The highest BCUT2D eigenvalue weighted by Crippen LogP contribution is 2.58. The fourth-order valence-corrected chi connectivity index (χ4v) is 4.40. The van der Waals surface area contributed by atoms with Crippen LogP contribution >= 0.6 is 0 Å². The summed E-state index contributed by atoms with van der Waals surface area (Å²) in [5, 5.41) is 10.7. The third kappa shape index (κ3) is 1.52. The van der Waals surface area contributed by atoms with Crippen LogP contribution in [0.3, 0.4) is 0 Å². The molecule has 5 atom stereocenters. The molecular formula is C14H22O3. The smallest absolute Gasteiger partial charge is 0.168 e. The van der Waals surface area contributed by atoms with Crippen molar-refractivity contribution in [1.82, 2.24) is 0 Å². The molecule has 1 N–H and O–H groups in total. The first-order chi connectivity index (χ1) is 7.96. The van der Waals surface area contributed by atoms with E-state index in [9.17, 15) is 9.90 Å². The Balaban J connectivity index is 1.91. The van der Waals surface area contributed by atoms with E-state index in [0.717, 1.165) is 25.7 Å². The van der Waals surface area contributed by atoms with Gasteiger partial charge < -0.3 is 9.84 Å². The van der Waals surface area contributed by atoms with E-state index in [1.807, 2.05) is 6.92 Å². The highest BCUT2D eigenvalue weighted by molar-refractivity contribution is 5.87. The second-order valence-corrected chi connectivity index (χ2v) is 6.44. The first-order valence-corrected chi connectivity index (χ1v) is 6.89. The molecule has 0 bridgehead atoms. The van der Waals surface area contributed by atoms with Gasteiger partial charge >= 0.3 is 0 Å². The van der Waals surface area contributed by atoms with Crippen LogP contribution < -0.4 is 0 Å². The highest BCUT2D eigenvalue weighted by atomic mass is 16.6. The molecule has 3 nitrogen and oxygen atoms in total. The van der Waals surface area contributed by atoms with E-state index in [-0.39, 0.29) is 17.4 Å². The monoisotopic (exact) mass is 238 g/mol. The fraction of sp³-hybridized carbons (Fsp3) is 0.929. The largest absolute Gasteiger partial charge is 0.365 e. The first-order valence-electron chi connectivity index (χ1n) is 6.89. The van der Waals surface area contributed by atoms with Crippen LogP contribution in [0.15, 0.2) is 0 Å². The molecule has 1 aliphatic heterocycles. The van der Waals surface area contributed by atoms with Gasteiger partial charge in [0, 0.05) is 24.2 Å². The van der Waals surface area contributed by atoms with Crippen LogP contribution in [0, 0.1) is 17.3 Å². The molecule has 3 rings (SSSR count). The minimum atomic E-state index is -0.952. The molecule has 3 unspecified atom stereocenters. The minimum absolute atomic E-state index is 0.151. The predicted molar refractivity (Wildman–Crippen MR) is 63.3 cm³/mol. The van der Waals surface area contributed by atoms with Crippen LogP contribution in [0.1, 0.15) is 52.4 Å². The van der Waals surface area contributed by atoms with Crippen molar-refractivity contribution in [1.29, 1.82) is 0 Å². The number of hydrogen-bond donors (Lipinski definition) is 1. The summed E-state index contributed by atoms with van der Waals surface area (Å²) in [6, 6.07) is 0. The van der Waals surface area contributed by atoms with Crippen LogP contribution in [0.5, 0.6) is 0 Å². The summed E-state index contributed by atoms with van der Waals surface area (Å²) in [7, 11) is 0. The Hall–Kier alpha value is -0.410. The van der Waals surface area contributed by atoms with Gasteiger partial charge in [0.1, 0.15) is 5.78 Å². The zero-order chi connectivity index (χ0) is 12.3. The Morgan fingerprint density at radius 1 is 1.24 bits per heavy atom. The molecule has 0 amide bonds. The lowest BCUT2D eigenvalue weighted by molar-refractivity contribution is -0.311. The van der Waals surface area contributed by atoms with Gasteiger partial charge in [-0.05, 0) is 38.5 Å². The second-order valence-electron chi connectivity index (χ2n) is 6.44. The van der Waals surface area contributed by atoms with Crippen LogP contribution in [-0.2, 0) is 9.53 Å². The van der Waals surface area contributed by atoms with Gasteiger partial charge in [-0.1, -0.05) is 6.92 Å². The third-order valence-corrected chi connectivity index (χ3v) is 5.49. The van der Waals surface area contributed by atoms with Gasteiger partial charge in [-0.25, -0.2) is 0 Å². The molecule has 0 aromatic heterocycles. The maximum Gasteiger partial charge on any atom is 0.168 e. The van der Waals surface area contributed by atoms with Crippen molar-refractivity contribution in [3.05, 3.63) is 0 Å².